The standard InChI is InChI=1S/C18H17N3O2S/c1-14-4-7-17(8-5-14)24(22,23)21-12-15-6-9-18(20-11-15)16-3-2-10-19-13-16/h2-11,13,21H,12H2,1H3. The third-order valence-corrected chi connectivity index (χ3v) is 5.00. The minimum atomic E-state index is -3.53. The number of sulfonamides is 1. The lowest BCUT2D eigenvalue weighted by Crippen LogP contribution is -2.23. The zero-order valence-corrected chi connectivity index (χ0v) is 14.0. The molecule has 6 heteroatoms. The van der Waals surface area contributed by atoms with Gasteiger partial charge in [0.25, 0.3) is 0 Å². The van der Waals surface area contributed by atoms with Crippen LogP contribution in [-0.2, 0) is 16.6 Å². The largest absolute Gasteiger partial charge is 0.264 e. The molecular formula is C18H17N3O2S. The number of pyridine rings is 2. The van der Waals surface area contributed by atoms with Crippen LogP contribution in [0.3, 0.4) is 0 Å². The zero-order valence-electron chi connectivity index (χ0n) is 13.2. The monoisotopic (exact) mass is 339 g/mol. The van der Waals surface area contributed by atoms with Crippen molar-refractivity contribution in [3.63, 3.8) is 0 Å². The number of hydrogen-bond donors (Lipinski definition) is 1. The van der Waals surface area contributed by atoms with Crippen molar-refractivity contribution in [3.8, 4) is 11.3 Å². The van der Waals surface area contributed by atoms with Gasteiger partial charge in [0.1, 0.15) is 0 Å². The second kappa shape index (κ2) is 6.90. The van der Waals surface area contributed by atoms with Crippen molar-refractivity contribution in [1.82, 2.24) is 14.7 Å². The predicted octanol–water partition coefficient (Wildman–Crippen LogP) is 2.93. The number of benzene rings is 1. The van der Waals surface area contributed by atoms with Crippen molar-refractivity contribution in [2.45, 2.75) is 18.4 Å². The molecule has 0 saturated carbocycles. The molecule has 24 heavy (non-hydrogen) atoms. The zero-order chi connectivity index (χ0) is 17.0. The van der Waals surface area contributed by atoms with Gasteiger partial charge in [0, 0.05) is 30.7 Å². The quantitative estimate of drug-likeness (QED) is 0.776. The molecule has 2 aromatic heterocycles. The van der Waals surface area contributed by atoms with E-state index in [-0.39, 0.29) is 11.4 Å². The molecule has 0 unspecified atom stereocenters. The molecule has 0 radical (unpaired) electrons. The fourth-order valence-corrected chi connectivity index (χ4v) is 3.21. The van der Waals surface area contributed by atoms with Crippen molar-refractivity contribution in [1.29, 1.82) is 0 Å². The summed E-state index contributed by atoms with van der Waals surface area (Å²) in [6, 6.07) is 14.2. The lowest BCUT2D eigenvalue weighted by atomic mass is 10.1. The summed E-state index contributed by atoms with van der Waals surface area (Å²) in [5, 5.41) is 0. The molecule has 0 spiro atoms. The lowest BCUT2D eigenvalue weighted by molar-refractivity contribution is 0.581. The van der Waals surface area contributed by atoms with Gasteiger partial charge in [-0.2, -0.15) is 0 Å². The Morgan fingerprint density at radius 2 is 1.79 bits per heavy atom. The third-order valence-electron chi connectivity index (χ3n) is 3.58. The van der Waals surface area contributed by atoms with Crippen LogP contribution in [0.4, 0.5) is 0 Å². The van der Waals surface area contributed by atoms with E-state index in [2.05, 4.69) is 14.7 Å². The first-order chi connectivity index (χ1) is 11.5. The van der Waals surface area contributed by atoms with Crippen molar-refractivity contribution >= 4 is 10.0 Å². The highest BCUT2D eigenvalue weighted by atomic mass is 32.2. The SMILES string of the molecule is Cc1ccc(S(=O)(=O)NCc2ccc(-c3cccnc3)nc2)cc1. The fourth-order valence-electron chi connectivity index (χ4n) is 2.19. The molecule has 3 rings (SSSR count). The van der Waals surface area contributed by atoms with Crippen LogP contribution >= 0.6 is 0 Å². The van der Waals surface area contributed by atoms with E-state index in [9.17, 15) is 8.42 Å². The molecule has 0 saturated heterocycles. The summed E-state index contributed by atoms with van der Waals surface area (Å²) < 4.78 is 27.1. The first-order valence-corrected chi connectivity index (χ1v) is 8.94. The topological polar surface area (TPSA) is 72.0 Å². The summed E-state index contributed by atoms with van der Waals surface area (Å²) in [5.41, 5.74) is 3.53. The third kappa shape index (κ3) is 3.84. The molecule has 0 aliphatic rings. The van der Waals surface area contributed by atoms with Gasteiger partial charge in [0.15, 0.2) is 0 Å². The molecule has 3 aromatic rings. The Kier molecular flexibility index (Phi) is 4.69. The fraction of sp³-hybridized carbons (Fsp3) is 0.111. The highest BCUT2D eigenvalue weighted by Gasteiger charge is 2.13. The van der Waals surface area contributed by atoms with E-state index in [0.717, 1.165) is 22.4 Å². The Morgan fingerprint density at radius 1 is 1.00 bits per heavy atom. The van der Waals surface area contributed by atoms with Crippen LogP contribution in [0.25, 0.3) is 11.3 Å². The Balaban J connectivity index is 1.69. The van der Waals surface area contributed by atoms with Gasteiger partial charge in [-0.25, -0.2) is 13.1 Å². The van der Waals surface area contributed by atoms with Crippen LogP contribution in [0.5, 0.6) is 0 Å². The first-order valence-electron chi connectivity index (χ1n) is 7.46. The highest BCUT2D eigenvalue weighted by Crippen LogP contribution is 2.16. The predicted molar refractivity (Wildman–Crippen MR) is 92.7 cm³/mol. The van der Waals surface area contributed by atoms with E-state index in [0.29, 0.717) is 0 Å². The van der Waals surface area contributed by atoms with Crippen LogP contribution in [-0.4, -0.2) is 18.4 Å². The number of nitrogens with one attached hydrogen (secondary N) is 1. The molecule has 0 aliphatic carbocycles. The second-order valence-electron chi connectivity index (χ2n) is 5.43. The average Bonchev–Trinajstić information content (AvgIpc) is 2.62. The summed E-state index contributed by atoms with van der Waals surface area (Å²) in [5.74, 6) is 0. The lowest BCUT2D eigenvalue weighted by Gasteiger charge is -2.08. The molecule has 0 atom stereocenters. The van der Waals surface area contributed by atoms with Gasteiger partial charge in [0.2, 0.25) is 10.0 Å². The summed E-state index contributed by atoms with van der Waals surface area (Å²) >= 11 is 0. The first kappa shape index (κ1) is 16.3. The number of nitrogens with zero attached hydrogens (tertiary/aromatic N) is 2. The number of aromatic nitrogens is 2. The molecule has 122 valence electrons. The van der Waals surface area contributed by atoms with Crippen LogP contribution in [0.2, 0.25) is 0 Å². The van der Waals surface area contributed by atoms with E-state index < -0.39 is 10.0 Å². The van der Waals surface area contributed by atoms with E-state index in [4.69, 9.17) is 0 Å². The maximum Gasteiger partial charge on any atom is 0.240 e. The Labute approximate surface area is 141 Å². The molecule has 0 fully saturated rings. The van der Waals surface area contributed by atoms with Gasteiger partial charge in [-0.3, -0.25) is 9.97 Å². The Morgan fingerprint density at radius 3 is 2.42 bits per heavy atom. The molecule has 1 N–H and O–H groups in total. The number of rotatable bonds is 5. The van der Waals surface area contributed by atoms with E-state index in [1.54, 1.807) is 42.9 Å². The number of aryl methyl sites for hydroxylation is 1. The van der Waals surface area contributed by atoms with Crippen molar-refractivity contribution < 1.29 is 8.42 Å². The van der Waals surface area contributed by atoms with Crippen LogP contribution in [0, 0.1) is 6.92 Å². The minimum absolute atomic E-state index is 0.191. The van der Waals surface area contributed by atoms with Gasteiger partial charge >= 0.3 is 0 Å². The molecule has 0 amide bonds. The van der Waals surface area contributed by atoms with Crippen molar-refractivity contribution in [2.24, 2.45) is 0 Å². The van der Waals surface area contributed by atoms with Crippen molar-refractivity contribution in [2.75, 3.05) is 0 Å². The van der Waals surface area contributed by atoms with Gasteiger partial charge in [-0.05, 0) is 42.8 Å². The molecule has 1 aromatic carbocycles. The highest BCUT2D eigenvalue weighted by molar-refractivity contribution is 7.89. The molecule has 5 nitrogen and oxygen atoms in total. The maximum atomic E-state index is 12.3. The summed E-state index contributed by atoms with van der Waals surface area (Å²) in [4.78, 5) is 8.68. The Hall–Kier alpha value is -2.57. The van der Waals surface area contributed by atoms with E-state index in [1.165, 1.54) is 0 Å². The van der Waals surface area contributed by atoms with Gasteiger partial charge in [-0.1, -0.05) is 23.8 Å². The summed E-state index contributed by atoms with van der Waals surface area (Å²) in [6.07, 6.45) is 5.11. The molecule has 2 heterocycles. The van der Waals surface area contributed by atoms with Gasteiger partial charge in [0.05, 0.1) is 10.6 Å². The molecule has 0 aliphatic heterocycles. The van der Waals surface area contributed by atoms with Crippen LogP contribution in [0.15, 0.2) is 72.0 Å². The minimum Gasteiger partial charge on any atom is -0.264 e. The van der Waals surface area contributed by atoms with Crippen molar-refractivity contribution in [3.05, 3.63) is 78.2 Å². The van der Waals surface area contributed by atoms with Crippen LogP contribution < -0.4 is 4.72 Å². The average molecular weight is 339 g/mol. The van der Waals surface area contributed by atoms with Gasteiger partial charge in [-0.15, -0.1) is 0 Å². The Bertz CT molecular complexity index is 907. The molecular weight excluding hydrogens is 322 g/mol. The number of hydrogen-bond acceptors (Lipinski definition) is 4. The van der Waals surface area contributed by atoms with Crippen LogP contribution in [0.1, 0.15) is 11.1 Å². The van der Waals surface area contributed by atoms with E-state index in [1.807, 2.05) is 31.2 Å². The summed E-state index contributed by atoms with van der Waals surface area (Å²) in [7, 11) is -3.53. The second-order valence-corrected chi connectivity index (χ2v) is 7.20. The molecule has 0 bridgehead atoms. The van der Waals surface area contributed by atoms with E-state index >= 15 is 0 Å². The maximum absolute atomic E-state index is 12.3. The smallest absolute Gasteiger partial charge is 0.240 e. The normalized spacial score (nSPS) is 11.4. The summed E-state index contributed by atoms with van der Waals surface area (Å²) in [6.45, 7) is 2.11. The van der Waals surface area contributed by atoms with Gasteiger partial charge < -0.3 is 0 Å².